The first kappa shape index (κ1) is 50.1. The van der Waals surface area contributed by atoms with Crippen LogP contribution < -0.4 is 34.0 Å². The van der Waals surface area contributed by atoms with Crippen molar-refractivity contribution in [1.82, 2.24) is 0 Å². The first-order chi connectivity index (χ1) is 28.7. The van der Waals surface area contributed by atoms with Crippen LogP contribution in [0.1, 0.15) is 114 Å². The Morgan fingerprint density at radius 3 is 1.60 bits per heavy atom. The van der Waals surface area contributed by atoms with Crippen LogP contribution in [-0.2, 0) is 34.5 Å². The second-order valence-electron chi connectivity index (χ2n) is 21.2. The number of quaternary nitrogens is 2. The van der Waals surface area contributed by atoms with Gasteiger partial charge in [-0.2, -0.15) is 4.89 Å². The highest BCUT2D eigenvalue weighted by Crippen LogP contribution is 2.71. The van der Waals surface area contributed by atoms with Gasteiger partial charge in [0.05, 0.1) is 71.8 Å². The molecule has 5 atom stereocenters. The quantitative estimate of drug-likeness (QED) is 0.144. The third kappa shape index (κ3) is 8.94. The fourth-order valence-electron chi connectivity index (χ4n) is 13.9. The molecule has 10 heteroatoms. The predicted molar refractivity (Wildman–Crippen MR) is 239 cm³/mol. The minimum absolute atomic E-state index is 0. The fourth-order valence-corrected chi connectivity index (χ4v) is 13.9. The van der Waals surface area contributed by atoms with Gasteiger partial charge in [0.1, 0.15) is 18.8 Å². The molecule has 0 N–H and O–H groups in total. The van der Waals surface area contributed by atoms with Gasteiger partial charge < -0.3 is 61.9 Å². The molecule has 348 valence electrons. The normalized spacial score (nSPS) is 34.8. The van der Waals surface area contributed by atoms with Crippen molar-refractivity contribution >= 4 is 5.76 Å². The number of likely N-dealkylation sites (N-methyl/N-ethyl adjacent to an activating group) is 2. The molecule has 62 heavy (non-hydrogen) atoms. The molecule has 1 heterocycles. The Balaban J connectivity index is 0.000000201. The van der Waals surface area contributed by atoms with E-state index in [0.717, 1.165) is 84.4 Å². The number of aryl methyl sites for hydroxylation is 2. The molecule has 5 unspecified atom stereocenters. The van der Waals surface area contributed by atoms with Crippen LogP contribution in [0.15, 0.2) is 54.1 Å². The largest absolute Gasteiger partial charge is 1.00 e. The van der Waals surface area contributed by atoms with E-state index in [1.807, 2.05) is 7.11 Å². The van der Waals surface area contributed by atoms with Crippen LogP contribution in [0.2, 0.25) is 0 Å². The molecule has 1 saturated heterocycles. The van der Waals surface area contributed by atoms with Gasteiger partial charge in [0.15, 0.2) is 5.60 Å². The minimum Gasteiger partial charge on any atom is -1.00 e. The monoisotopic (exact) mass is 986 g/mol. The molecule has 2 aromatic carbocycles. The summed E-state index contributed by atoms with van der Waals surface area (Å²) >= 11 is 0. The number of methoxy groups -OCH3 is 2. The highest BCUT2D eigenvalue weighted by Gasteiger charge is 2.78. The number of hydrogen-bond acceptors (Lipinski definition) is 6. The molecule has 9 aliphatic rings. The van der Waals surface area contributed by atoms with Crippen molar-refractivity contribution in [2.24, 2.45) is 35.5 Å². The number of ether oxygens (including phenoxy) is 4. The van der Waals surface area contributed by atoms with Gasteiger partial charge in [0.2, 0.25) is 0 Å². The van der Waals surface area contributed by atoms with Crippen molar-refractivity contribution in [3.8, 4) is 0 Å². The molecular formula is C52H80Br2N2O6. The van der Waals surface area contributed by atoms with E-state index < -0.39 is 11.4 Å². The molecule has 1 aliphatic heterocycles. The van der Waals surface area contributed by atoms with Gasteiger partial charge in [0, 0.05) is 30.1 Å². The molecule has 11 rings (SSSR count). The van der Waals surface area contributed by atoms with Gasteiger partial charge in [-0.25, -0.2) is 4.89 Å². The third-order valence-corrected chi connectivity index (χ3v) is 17.7. The number of rotatable bonds is 16. The Labute approximate surface area is 396 Å². The number of benzene rings is 2. The molecule has 0 aromatic heterocycles. The van der Waals surface area contributed by atoms with Crippen molar-refractivity contribution in [2.75, 3.05) is 80.8 Å². The van der Waals surface area contributed by atoms with Crippen molar-refractivity contribution in [3.05, 3.63) is 76.4 Å². The van der Waals surface area contributed by atoms with Crippen LogP contribution in [0, 0.1) is 49.4 Å². The number of hydrogen-bond donors (Lipinski definition) is 0. The Kier molecular flexibility index (Phi) is 15.7. The maximum Gasteiger partial charge on any atom is 0.260 e. The number of halogens is 2. The molecule has 0 amide bonds. The Morgan fingerprint density at radius 1 is 0.645 bits per heavy atom. The van der Waals surface area contributed by atoms with Gasteiger partial charge in [-0.3, -0.25) is 0 Å². The van der Waals surface area contributed by atoms with Crippen LogP contribution >= 0.6 is 0 Å². The first-order valence-corrected chi connectivity index (χ1v) is 24.0. The first-order valence-electron chi connectivity index (χ1n) is 24.0. The second kappa shape index (κ2) is 19.5. The Hall–Kier alpha value is -1.34. The molecular weight excluding hydrogens is 908 g/mol. The lowest BCUT2D eigenvalue weighted by atomic mass is 9.45. The highest BCUT2D eigenvalue weighted by molar-refractivity contribution is 5.65. The van der Waals surface area contributed by atoms with E-state index >= 15 is 0 Å². The summed E-state index contributed by atoms with van der Waals surface area (Å²) in [7, 11) is 8.33. The minimum atomic E-state index is -0.803. The van der Waals surface area contributed by atoms with Gasteiger partial charge in [-0.1, -0.05) is 53.6 Å². The molecule has 8 bridgehead atoms. The molecule has 8 saturated carbocycles. The average molecular weight is 989 g/mol. The van der Waals surface area contributed by atoms with Crippen molar-refractivity contribution in [1.29, 1.82) is 0 Å². The smallest absolute Gasteiger partial charge is 0.260 e. The third-order valence-electron chi connectivity index (χ3n) is 17.7. The van der Waals surface area contributed by atoms with Crippen molar-refractivity contribution in [2.45, 2.75) is 128 Å². The lowest BCUT2D eigenvalue weighted by Gasteiger charge is -2.70. The van der Waals surface area contributed by atoms with E-state index in [9.17, 15) is 0 Å². The van der Waals surface area contributed by atoms with Crippen LogP contribution in [-0.4, -0.2) is 107 Å². The average Bonchev–Trinajstić information content (AvgIpc) is 3.21. The maximum absolute atomic E-state index is 6.78. The number of nitrogens with zero attached hydrogens (tertiary/aromatic N) is 2. The van der Waals surface area contributed by atoms with E-state index in [0.29, 0.717) is 23.7 Å². The maximum atomic E-state index is 6.78. The highest BCUT2D eigenvalue weighted by atomic mass is 79.9. The summed E-state index contributed by atoms with van der Waals surface area (Å²) in [5.41, 5.74) is 6.20. The molecule has 9 fully saturated rings. The van der Waals surface area contributed by atoms with Crippen LogP contribution in [0.5, 0.6) is 0 Å². The molecule has 8 aliphatic carbocycles. The zero-order valence-corrected chi connectivity index (χ0v) is 43.1. The summed E-state index contributed by atoms with van der Waals surface area (Å²) in [6, 6.07) is 17.4. The number of allylic oxidation sites excluding steroid dienone is 1. The molecule has 1 spiro atoms. The van der Waals surface area contributed by atoms with Crippen molar-refractivity contribution < 1.29 is 71.7 Å². The summed E-state index contributed by atoms with van der Waals surface area (Å²) in [6.45, 7) is 22.1. The van der Waals surface area contributed by atoms with Crippen LogP contribution in [0.3, 0.4) is 0 Å². The van der Waals surface area contributed by atoms with Crippen LogP contribution in [0.4, 0.5) is 0 Å². The van der Waals surface area contributed by atoms with Gasteiger partial charge in [-0.05, 0) is 141 Å². The van der Waals surface area contributed by atoms with Gasteiger partial charge >= 0.3 is 0 Å². The van der Waals surface area contributed by atoms with Gasteiger partial charge in [-0.15, -0.1) is 0 Å². The van der Waals surface area contributed by atoms with E-state index in [4.69, 9.17) is 28.7 Å². The van der Waals surface area contributed by atoms with Gasteiger partial charge in [0.25, 0.3) is 5.79 Å². The summed E-state index contributed by atoms with van der Waals surface area (Å²) in [5.74, 6) is 4.01. The van der Waals surface area contributed by atoms with E-state index in [1.165, 1.54) is 81.1 Å². The fraction of sp³-hybridized carbons (Fsp3) is 0.731. The summed E-state index contributed by atoms with van der Waals surface area (Å²) < 4.78 is 27.9. The summed E-state index contributed by atoms with van der Waals surface area (Å²) in [4.78, 5) is 12.1. The van der Waals surface area contributed by atoms with E-state index in [1.54, 1.807) is 12.7 Å². The topological polar surface area (TPSA) is 55.4 Å². The van der Waals surface area contributed by atoms with Crippen molar-refractivity contribution in [3.63, 3.8) is 0 Å². The van der Waals surface area contributed by atoms with E-state index in [2.05, 4.69) is 104 Å². The van der Waals surface area contributed by atoms with E-state index in [-0.39, 0.29) is 45.2 Å². The Morgan fingerprint density at radius 2 is 1.15 bits per heavy atom. The lowest BCUT2D eigenvalue weighted by Crippen LogP contribution is -3.00. The second-order valence-corrected chi connectivity index (χ2v) is 21.2. The molecule has 8 nitrogen and oxygen atoms in total. The summed E-state index contributed by atoms with van der Waals surface area (Å²) in [6.07, 6.45) is 12.0. The molecule has 2 aromatic rings. The molecule has 0 radical (unpaired) electrons. The summed E-state index contributed by atoms with van der Waals surface area (Å²) in [5, 5.41) is 0. The zero-order valence-electron chi connectivity index (χ0n) is 39.9. The SMILES string of the molecule is CC[N+](C)(CC)CCOC12CC3CC(C1)C(=C(OC)c1cccc(C)c1)C(C3)C2.CC[N+](C)(CC)CCOC12CC3CC(C1)C1(OOC1(OC)c1cccc(C)c1)C(C3)C2.[Br-].[Br-]. The van der Waals surface area contributed by atoms with Crippen LogP contribution in [0.25, 0.3) is 5.76 Å². The Bertz CT molecular complexity index is 1830. The predicted octanol–water partition coefficient (Wildman–Crippen LogP) is 4.02. The zero-order chi connectivity index (χ0) is 42.6. The lowest BCUT2D eigenvalue weighted by molar-refractivity contribution is -0.906. The standard InChI is InChI=1S/C26H40NO4.C26H40NO2.2BrH/c1-6-27(4,7-2)11-12-29-24-16-20-14-22(17-24)25(23(15-20)18-24)26(28-5,31-30-25)21-10-8-9-19(3)13-21;1-6-27(4,7-2)11-12-29-26-16-20-14-22(17-26)24(23(15-20)18-26)25(28-5)21-10-8-9-19(3)13-21;;/h8-10,13,20,22-23H,6-7,11-12,14-18H2,1-5H3;8-10,13,20,22-23H,6-7,11-12,14-18H2,1-5H3;2*1H/q2*+1;;/p-2.